The molecule has 0 spiro atoms. The van der Waals surface area contributed by atoms with E-state index in [4.69, 9.17) is 18.9 Å². The normalized spacial score (nSPS) is 20.7. The summed E-state index contributed by atoms with van der Waals surface area (Å²) in [5, 5.41) is 0. The summed E-state index contributed by atoms with van der Waals surface area (Å²) >= 11 is 0. The van der Waals surface area contributed by atoms with Crippen molar-refractivity contribution in [1.82, 2.24) is 9.80 Å². The van der Waals surface area contributed by atoms with Crippen molar-refractivity contribution in [2.45, 2.75) is 71.6 Å². The number of ether oxygens (including phenoxy) is 4. The van der Waals surface area contributed by atoms with Crippen LogP contribution in [0.5, 0.6) is 0 Å². The first-order chi connectivity index (χ1) is 17.9. The number of esters is 4. The van der Waals surface area contributed by atoms with Gasteiger partial charge in [0, 0.05) is 26.2 Å². The van der Waals surface area contributed by atoms with Gasteiger partial charge in [-0.05, 0) is 71.9 Å². The summed E-state index contributed by atoms with van der Waals surface area (Å²) in [4.78, 5) is 52.2. The second kappa shape index (κ2) is 18.1. The molecule has 0 N–H and O–H groups in total. The van der Waals surface area contributed by atoms with Crippen molar-refractivity contribution in [2.75, 3.05) is 65.7 Å². The van der Waals surface area contributed by atoms with E-state index in [0.717, 1.165) is 58.0 Å². The summed E-state index contributed by atoms with van der Waals surface area (Å²) in [6.45, 7) is 9.33. The molecule has 212 valence electrons. The molecule has 2 unspecified atom stereocenters. The Kier molecular flexibility index (Phi) is 15.2. The molecule has 2 rings (SSSR count). The fraction of sp³-hybridized carbons (Fsp3) is 0.852. The van der Waals surface area contributed by atoms with Crippen LogP contribution in [-0.4, -0.2) is 99.4 Å². The van der Waals surface area contributed by atoms with Crippen molar-refractivity contribution >= 4 is 23.9 Å². The Morgan fingerprint density at radius 3 is 1.49 bits per heavy atom. The van der Waals surface area contributed by atoms with Crippen molar-refractivity contribution in [3.63, 3.8) is 0 Å². The van der Waals surface area contributed by atoms with Crippen LogP contribution in [0.4, 0.5) is 0 Å². The van der Waals surface area contributed by atoms with Crippen LogP contribution in [0.15, 0.2) is 0 Å². The van der Waals surface area contributed by atoms with Crippen LogP contribution in [0.1, 0.15) is 71.6 Å². The lowest BCUT2D eigenvalue weighted by atomic mass is 9.98. The highest BCUT2D eigenvalue weighted by Crippen LogP contribution is 2.19. The zero-order valence-electron chi connectivity index (χ0n) is 22.8. The maximum Gasteiger partial charge on any atom is 0.310 e. The van der Waals surface area contributed by atoms with E-state index in [0.29, 0.717) is 65.4 Å². The summed E-state index contributed by atoms with van der Waals surface area (Å²) < 4.78 is 20.9. The van der Waals surface area contributed by atoms with Gasteiger partial charge in [0.25, 0.3) is 0 Å². The van der Waals surface area contributed by atoms with E-state index in [1.165, 1.54) is 0 Å². The van der Waals surface area contributed by atoms with Gasteiger partial charge in [-0.3, -0.25) is 19.2 Å². The molecule has 2 fully saturated rings. The van der Waals surface area contributed by atoms with E-state index in [2.05, 4.69) is 9.80 Å². The highest BCUT2D eigenvalue weighted by molar-refractivity contribution is 5.73. The predicted molar refractivity (Wildman–Crippen MR) is 137 cm³/mol. The predicted octanol–water partition coefficient (Wildman–Crippen LogP) is 2.57. The van der Waals surface area contributed by atoms with Gasteiger partial charge in [-0.25, -0.2) is 0 Å². The molecular formula is C27H46N2O8. The first-order valence-electron chi connectivity index (χ1n) is 14.0. The summed E-state index contributed by atoms with van der Waals surface area (Å²) in [6, 6.07) is 0. The van der Waals surface area contributed by atoms with Crippen molar-refractivity contribution in [3.05, 3.63) is 0 Å². The summed E-state index contributed by atoms with van der Waals surface area (Å²) in [7, 11) is 0. The summed E-state index contributed by atoms with van der Waals surface area (Å²) in [6.07, 6.45) is 6.41. The van der Waals surface area contributed by atoms with Crippen LogP contribution in [0.3, 0.4) is 0 Å². The molecule has 0 amide bonds. The zero-order valence-corrected chi connectivity index (χ0v) is 22.8. The second-order valence-electron chi connectivity index (χ2n) is 9.79. The van der Waals surface area contributed by atoms with Gasteiger partial charge in [-0.2, -0.15) is 0 Å². The summed E-state index contributed by atoms with van der Waals surface area (Å²) in [5.74, 6) is -0.960. The van der Waals surface area contributed by atoms with Crippen LogP contribution in [0, 0.1) is 11.8 Å². The number of carbonyl (C=O) groups excluding carboxylic acids is 4. The number of hydrogen-bond donors (Lipinski definition) is 0. The number of likely N-dealkylation sites (tertiary alicyclic amines) is 2. The van der Waals surface area contributed by atoms with Crippen LogP contribution < -0.4 is 0 Å². The SMILES string of the molecule is CCOC(=O)C1CCCN(CCC(=O)OCCCCCOC(=O)CCN2CCCC(C(=O)OCC)C2)C1. The van der Waals surface area contributed by atoms with Gasteiger partial charge in [-0.15, -0.1) is 0 Å². The molecule has 2 heterocycles. The van der Waals surface area contributed by atoms with Gasteiger partial charge in [0.15, 0.2) is 0 Å². The van der Waals surface area contributed by atoms with E-state index < -0.39 is 0 Å². The average molecular weight is 527 g/mol. The topological polar surface area (TPSA) is 112 Å². The van der Waals surface area contributed by atoms with E-state index in [9.17, 15) is 19.2 Å². The van der Waals surface area contributed by atoms with E-state index in [1.807, 2.05) is 13.8 Å². The van der Waals surface area contributed by atoms with Crippen LogP contribution in [0.2, 0.25) is 0 Å². The number of carbonyl (C=O) groups is 4. The Morgan fingerprint density at radius 1 is 0.649 bits per heavy atom. The molecule has 37 heavy (non-hydrogen) atoms. The summed E-state index contributed by atoms with van der Waals surface area (Å²) in [5.41, 5.74) is 0. The van der Waals surface area contributed by atoms with Gasteiger partial charge in [0.1, 0.15) is 0 Å². The minimum Gasteiger partial charge on any atom is -0.466 e. The Hall–Kier alpha value is -2.20. The third-order valence-electron chi connectivity index (χ3n) is 6.83. The monoisotopic (exact) mass is 526 g/mol. The molecular weight excluding hydrogens is 480 g/mol. The molecule has 0 saturated carbocycles. The Bertz CT molecular complexity index is 659. The Labute approximate surface area is 221 Å². The molecule has 0 aromatic carbocycles. The maximum absolute atomic E-state index is 12.0. The van der Waals surface area contributed by atoms with Gasteiger partial charge >= 0.3 is 23.9 Å². The Morgan fingerprint density at radius 2 is 1.08 bits per heavy atom. The fourth-order valence-electron chi connectivity index (χ4n) is 4.82. The standard InChI is InChI=1S/C27H46N2O8/c1-3-34-26(32)22-10-8-14-28(20-22)16-12-24(30)36-18-6-5-7-19-37-25(31)13-17-29-15-9-11-23(21-29)27(33)35-4-2/h22-23H,3-21H2,1-2H3. The lowest BCUT2D eigenvalue weighted by molar-refractivity contribution is -0.151. The van der Waals surface area contributed by atoms with Crippen molar-refractivity contribution < 1.29 is 38.1 Å². The number of rotatable bonds is 16. The average Bonchev–Trinajstić information content (AvgIpc) is 2.90. The number of nitrogens with zero attached hydrogens (tertiary/aromatic N) is 2. The number of piperidine rings is 2. The quantitative estimate of drug-likeness (QED) is 0.169. The fourth-order valence-corrected chi connectivity index (χ4v) is 4.82. The Balaban J connectivity index is 1.45. The minimum absolute atomic E-state index is 0.104. The molecule has 2 aliphatic rings. The molecule has 0 radical (unpaired) electrons. The zero-order chi connectivity index (χ0) is 26.9. The lowest BCUT2D eigenvalue weighted by Crippen LogP contribution is -2.40. The van der Waals surface area contributed by atoms with Crippen molar-refractivity contribution in [1.29, 1.82) is 0 Å². The third kappa shape index (κ3) is 12.7. The second-order valence-corrected chi connectivity index (χ2v) is 9.79. The number of hydrogen-bond acceptors (Lipinski definition) is 10. The maximum atomic E-state index is 12.0. The lowest BCUT2D eigenvalue weighted by Gasteiger charge is -2.31. The molecule has 0 aromatic rings. The van der Waals surface area contributed by atoms with Crippen LogP contribution in [0.25, 0.3) is 0 Å². The third-order valence-corrected chi connectivity index (χ3v) is 6.83. The highest BCUT2D eigenvalue weighted by atomic mass is 16.5. The largest absolute Gasteiger partial charge is 0.466 e. The first kappa shape index (κ1) is 31.0. The molecule has 2 atom stereocenters. The molecule has 10 heteroatoms. The van der Waals surface area contributed by atoms with Crippen LogP contribution in [-0.2, 0) is 38.1 Å². The number of unbranched alkanes of at least 4 members (excludes halogenated alkanes) is 2. The van der Waals surface area contributed by atoms with Gasteiger partial charge < -0.3 is 28.7 Å². The molecule has 10 nitrogen and oxygen atoms in total. The van der Waals surface area contributed by atoms with Crippen molar-refractivity contribution in [2.24, 2.45) is 11.8 Å². The van der Waals surface area contributed by atoms with E-state index >= 15 is 0 Å². The van der Waals surface area contributed by atoms with Gasteiger partial charge in [-0.1, -0.05) is 0 Å². The van der Waals surface area contributed by atoms with Crippen LogP contribution >= 0.6 is 0 Å². The van der Waals surface area contributed by atoms with Crippen molar-refractivity contribution in [3.8, 4) is 0 Å². The minimum atomic E-state index is -0.229. The highest BCUT2D eigenvalue weighted by Gasteiger charge is 2.28. The van der Waals surface area contributed by atoms with E-state index in [1.54, 1.807) is 0 Å². The first-order valence-corrected chi connectivity index (χ1v) is 14.0. The molecule has 0 bridgehead atoms. The smallest absolute Gasteiger partial charge is 0.310 e. The van der Waals surface area contributed by atoms with Gasteiger partial charge in [0.2, 0.25) is 0 Å². The molecule has 0 aromatic heterocycles. The van der Waals surface area contributed by atoms with E-state index in [-0.39, 0.29) is 35.7 Å². The molecule has 2 aliphatic heterocycles. The molecule has 2 saturated heterocycles. The molecule has 0 aliphatic carbocycles. The van der Waals surface area contributed by atoms with Gasteiger partial charge in [0.05, 0.1) is 51.1 Å².